The zero-order valence-electron chi connectivity index (χ0n) is 13.4. The molecule has 0 bridgehead atoms. The van der Waals surface area contributed by atoms with Gasteiger partial charge in [0.25, 0.3) is 5.56 Å². The fraction of sp³-hybridized carbons (Fsp3) is 0.0556. The van der Waals surface area contributed by atoms with Crippen molar-refractivity contribution < 1.29 is 8.78 Å². The van der Waals surface area contributed by atoms with Gasteiger partial charge in [-0.3, -0.25) is 9.36 Å². The van der Waals surface area contributed by atoms with Gasteiger partial charge in [-0.2, -0.15) is 5.10 Å². The molecule has 130 valence electrons. The Labute approximate surface area is 151 Å². The Morgan fingerprint density at radius 3 is 2.42 bits per heavy atom. The predicted octanol–water partition coefficient (Wildman–Crippen LogP) is 3.81. The second kappa shape index (κ2) is 6.03. The SMILES string of the molecule is Cc1nc2c(cnn2-c2ccc(F)cc2)c(=O)n1-c1ccc(F)c(Cl)c1. The molecule has 0 spiro atoms. The van der Waals surface area contributed by atoms with Crippen molar-refractivity contribution in [1.29, 1.82) is 0 Å². The molecule has 0 fully saturated rings. The first-order valence-electron chi connectivity index (χ1n) is 7.64. The number of aryl methyl sites for hydroxylation is 1. The summed E-state index contributed by atoms with van der Waals surface area (Å²) in [7, 11) is 0. The molecule has 0 radical (unpaired) electrons. The number of benzene rings is 2. The van der Waals surface area contributed by atoms with Crippen LogP contribution in [0.3, 0.4) is 0 Å². The van der Waals surface area contributed by atoms with E-state index in [0.717, 1.165) is 0 Å². The normalized spacial score (nSPS) is 11.2. The zero-order valence-corrected chi connectivity index (χ0v) is 14.2. The Kier molecular flexibility index (Phi) is 3.81. The van der Waals surface area contributed by atoms with E-state index in [0.29, 0.717) is 22.8 Å². The number of aromatic nitrogens is 4. The number of fused-ring (bicyclic) bond motifs is 1. The smallest absolute Gasteiger partial charge is 0.268 e. The van der Waals surface area contributed by atoms with Crippen LogP contribution in [0.5, 0.6) is 0 Å². The van der Waals surface area contributed by atoms with Crippen LogP contribution in [0.1, 0.15) is 5.82 Å². The molecule has 0 N–H and O–H groups in total. The average molecular weight is 373 g/mol. The van der Waals surface area contributed by atoms with E-state index in [1.165, 1.54) is 45.8 Å². The van der Waals surface area contributed by atoms with Crippen LogP contribution in [0.15, 0.2) is 53.5 Å². The van der Waals surface area contributed by atoms with Gasteiger partial charge in [0.15, 0.2) is 5.65 Å². The topological polar surface area (TPSA) is 52.7 Å². The Bertz CT molecular complexity index is 1200. The molecule has 8 heteroatoms. The standard InChI is InChI=1S/C18H11ClF2N4O/c1-10-23-17-14(9-22-25(17)12-4-2-11(20)3-5-12)18(26)24(10)13-6-7-16(21)15(19)8-13/h2-9H,1H3. The average Bonchev–Trinajstić information content (AvgIpc) is 3.03. The Balaban J connectivity index is 1.95. The summed E-state index contributed by atoms with van der Waals surface area (Å²) in [6.07, 6.45) is 1.40. The molecule has 4 aromatic rings. The molecule has 2 heterocycles. The Hall–Kier alpha value is -3.06. The van der Waals surface area contributed by atoms with E-state index in [2.05, 4.69) is 10.1 Å². The molecule has 0 aliphatic heterocycles. The molecule has 0 saturated carbocycles. The monoisotopic (exact) mass is 372 g/mol. The van der Waals surface area contributed by atoms with E-state index in [9.17, 15) is 13.6 Å². The van der Waals surface area contributed by atoms with Crippen LogP contribution in [0.25, 0.3) is 22.4 Å². The predicted molar refractivity (Wildman–Crippen MR) is 94.1 cm³/mol. The third kappa shape index (κ3) is 2.57. The van der Waals surface area contributed by atoms with E-state index >= 15 is 0 Å². The van der Waals surface area contributed by atoms with Crippen molar-refractivity contribution in [2.75, 3.05) is 0 Å². The molecule has 5 nitrogen and oxygen atoms in total. The summed E-state index contributed by atoms with van der Waals surface area (Å²) in [6.45, 7) is 1.65. The summed E-state index contributed by atoms with van der Waals surface area (Å²) >= 11 is 5.83. The first kappa shape index (κ1) is 16.4. The molecule has 0 saturated heterocycles. The second-order valence-electron chi connectivity index (χ2n) is 5.67. The molecule has 4 rings (SSSR count). The van der Waals surface area contributed by atoms with E-state index < -0.39 is 5.82 Å². The molecule has 0 aliphatic carbocycles. The maximum absolute atomic E-state index is 13.4. The summed E-state index contributed by atoms with van der Waals surface area (Å²) in [5, 5.41) is 4.39. The zero-order chi connectivity index (χ0) is 18.4. The molecule has 26 heavy (non-hydrogen) atoms. The highest BCUT2D eigenvalue weighted by Gasteiger charge is 2.16. The molecular formula is C18H11ClF2N4O. The van der Waals surface area contributed by atoms with Crippen molar-refractivity contribution in [1.82, 2.24) is 19.3 Å². The minimum Gasteiger partial charge on any atom is -0.268 e. The summed E-state index contributed by atoms with van der Waals surface area (Å²) in [5.74, 6) is -0.557. The number of nitrogens with zero attached hydrogens (tertiary/aromatic N) is 4. The molecular weight excluding hydrogens is 362 g/mol. The molecule has 0 amide bonds. The number of hydrogen-bond acceptors (Lipinski definition) is 3. The third-order valence-electron chi connectivity index (χ3n) is 4.00. The molecule has 0 aliphatic rings. The minimum atomic E-state index is -0.570. The number of halogens is 3. The largest absolute Gasteiger partial charge is 0.269 e. The molecule has 2 aromatic carbocycles. The van der Waals surface area contributed by atoms with Gasteiger partial charge < -0.3 is 0 Å². The van der Waals surface area contributed by atoms with Crippen LogP contribution in [-0.4, -0.2) is 19.3 Å². The first-order valence-corrected chi connectivity index (χ1v) is 8.02. The lowest BCUT2D eigenvalue weighted by Crippen LogP contribution is -2.22. The lowest BCUT2D eigenvalue weighted by molar-refractivity contribution is 0.627. The van der Waals surface area contributed by atoms with E-state index in [1.807, 2.05) is 0 Å². The van der Waals surface area contributed by atoms with Crippen molar-refractivity contribution in [2.45, 2.75) is 6.92 Å². The maximum Gasteiger partial charge on any atom is 0.269 e. The molecule has 0 unspecified atom stereocenters. The quantitative estimate of drug-likeness (QED) is 0.537. The van der Waals surface area contributed by atoms with Gasteiger partial charge in [0.2, 0.25) is 0 Å². The van der Waals surface area contributed by atoms with Crippen molar-refractivity contribution >= 4 is 22.6 Å². The van der Waals surface area contributed by atoms with Gasteiger partial charge in [-0.1, -0.05) is 11.6 Å². The summed E-state index contributed by atoms with van der Waals surface area (Å²) < 4.78 is 29.4. The Morgan fingerprint density at radius 1 is 1.04 bits per heavy atom. The van der Waals surface area contributed by atoms with Gasteiger partial charge >= 0.3 is 0 Å². The van der Waals surface area contributed by atoms with Crippen LogP contribution < -0.4 is 5.56 Å². The van der Waals surface area contributed by atoms with Crippen molar-refractivity contribution in [2.24, 2.45) is 0 Å². The van der Waals surface area contributed by atoms with Crippen LogP contribution in [-0.2, 0) is 0 Å². The maximum atomic E-state index is 13.4. The van der Waals surface area contributed by atoms with Crippen molar-refractivity contribution in [3.63, 3.8) is 0 Å². The summed E-state index contributed by atoms with van der Waals surface area (Å²) in [5.41, 5.74) is 0.977. The van der Waals surface area contributed by atoms with E-state index in [-0.39, 0.29) is 21.8 Å². The van der Waals surface area contributed by atoms with Crippen molar-refractivity contribution in [3.8, 4) is 11.4 Å². The summed E-state index contributed by atoms with van der Waals surface area (Å²) in [4.78, 5) is 17.4. The van der Waals surface area contributed by atoms with Crippen LogP contribution in [0, 0.1) is 18.6 Å². The van der Waals surface area contributed by atoms with Crippen molar-refractivity contribution in [3.05, 3.63) is 81.5 Å². The minimum absolute atomic E-state index is 0.0871. The van der Waals surface area contributed by atoms with E-state index in [1.54, 1.807) is 19.1 Å². The lowest BCUT2D eigenvalue weighted by Gasteiger charge is -2.11. The first-order chi connectivity index (χ1) is 12.5. The van der Waals surface area contributed by atoms with Gasteiger partial charge in [-0.25, -0.2) is 18.4 Å². The summed E-state index contributed by atoms with van der Waals surface area (Å²) in [6, 6.07) is 9.70. The number of hydrogen-bond donors (Lipinski definition) is 0. The van der Waals surface area contributed by atoms with Crippen LogP contribution in [0.2, 0.25) is 5.02 Å². The van der Waals surface area contributed by atoms with Gasteiger partial charge in [-0.15, -0.1) is 0 Å². The Morgan fingerprint density at radius 2 is 1.73 bits per heavy atom. The third-order valence-corrected chi connectivity index (χ3v) is 4.29. The fourth-order valence-corrected chi connectivity index (χ4v) is 2.95. The van der Waals surface area contributed by atoms with Gasteiger partial charge in [0.05, 0.1) is 22.6 Å². The fourth-order valence-electron chi connectivity index (χ4n) is 2.77. The number of rotatable bonds is 2. The van der Waals surface area contributed by atoms with Gasteiger partial charge in [0, 0.05) is 0 Å². The van der Waals surface area contributed by atoms with E-state index in [4.69, 9.17) is 11.6 Å². The molecule has 2 aromatic heterocycles. The van der Waals surface area contributed by atoms with Gasteiger partial charge in [0.1, 0.15) is 22.8 Å². The van der Waals surface area contributed by atoms with Crippen LogP contribution >= 0.6 is 11.6 Å². The highest BCUT2D eigenvalue weighted by Crippen LogP contribution is 2.20. The lowest BCUT2D eigenvalue weighted by atomic mass is 10.3. The van der Waals surface area contributed by atoms with Crippen LogP contribution in [0.4, 0.5) is 8.78 Å². The second-order valence-corrected chi connectivity index (χ2v) is 6.08. The highest BCUT2D eigenvalue weighted by molar-refractivity contribution is 6.30. The highest BCUT2D eigenvalue weighted by atomic mass is 35.5. The molecule has 0 atom stereocenters. The van der Waals surface area contributed by atoms with Gasteiger partial charge in [-0.05, 0) is 49.4 Å².